The Balaban J connectivity index is 1.74. The summed E-state index contributed by atoms with van der Waals surface area (Å²) in [6.07, 6.45) is 2.24. The number of piperidine rings is 1. The normalized spacial score (nSPS) is 19.2. The van der Waals surface area contributed by atoms with Crippen molar-refractivity contribution < 1.29 is 14.6 Å². The number of carbonyl (C=O) groups is 1. The molecule has 1 atom stereocenters. The third kappa shape index (κ3) is 4.70. The minimum atomic E-state index is -0.315. The highest BCUT2D eigenvalue weighted by Crippen LogP contribution is 2.16. The summed E-state index contributed by atoms with van der Waals surface area (Å²) < 4.78 is 5.68. The second-order valence-corrected chi connectivity index (χ2v) is 5.34. The van der Waals surface area contributed by atoms with Crippen LogP contribution < -0.4 is 16.0 Å². The third-order valence-electron chi connectivity index (χ3n) is 3.79. The van der Waals surface area contributed by atoms with Crippen LogP contribution in [0.15, 0.2) is 24.3 Å². The van der Waals surface area contributed by atoms with Crippen molar-refractivity contribution in [3.63, 3.8) is 0 Å². The summed E-state index contributed by atoms with van der Waals surface area (Å²) in [6, 6.07) is 6.88. The van der Waals surface area contributed by atoms with Crippen molar-refractivity contribution in [2.24, 2.45) is 11.8 Å². The van der Waals surface area contributed by atoms with Crippen LogP contribution in [-0.4, -0.2) is 48.8 Å². The van der Waals surface area contributed by atoms with E-state index in [-0.39, 0.29) is 12.5 Å². The number of ether oxygens (including phenoxy) is 1. The Bertz CT molecular complexity index is 450. The molecular weight excluding hydrogens is 270 g/mol. The molecule has 116 valence electrons. The number of aliphatic hydroxyl groups is 1. The first kappa shape index (κ1) is 15.8. The summed E-state index contributed by atoms with van der Waals surface area (Å²) in [6.45, 7) is 3.72. The lowest BCUT2D eigenvalue weighted by Gasteiger charge is -2.31. The van der Waals surface area contributed by atoms with Gasteiger partial charge < -0.3 is 9.84 Å². The molecule has 1 saturated heterocycles. The van der Waals surface area contributed by atoms with E-state index >= 15 is 0 Å². The highest BCUT2D eigenvalue weighted by atomic mass is 16.5. The zero-order valence-corrected chi connectivity index (χ0v) is 12.1. The van der Waals surface area contributed by atoms with Gasteiger partial charge in [0.2, 0.25) is 0 Å². The molecule has 2 rings (SSSR count). The number of nitrogen functional groups attached to an aromatic ring is 1. The highest BCUT2D eigenvalue weighted by molar-refractivity contribution is 5.93. The number of nitrogens with zero attached hydrogens (tertiary/aromatic N) is 1. The van der Waals surface area contributed by atoms with Crippen molar-refractivity contribution >= 4 is 5.91 Å². The van der Waals surface area contributed by atoms with Crippen LogP contribution in [0.5, 0.6) is 5.75 Å². The van der Waals surface area contributed by atoms with E-state index in [4.69, 9.17) is 10.6 Å². The number of hydrogen-bond donors (Lipinski definition) is 3. The van der Waals surface area contributed by atoms with E-state index in [1.54, 1.807) is 24.3 Å². The molecule has 0 bridgehead atoms. The minimum absolute atomic E-state index is 0.266. The molecule has 0 aliphatic carbocycles. The van der Waals surface area contributed by atoms with Crippen LogP contribution in [0.25, 0.3) is 0 Å². The molecule has 1 unspecified atom stereocenters. The summed E-state index contributed by atoms with van der Waals surface area (Å²) in [5, 5.41) is 9.20. The van der Waals surface area contributed by atoms with Crippen LogP contribution in [0.3, 0.4) is 0 Å². The van der Waals surface area contributed by atoms with Gasteiger partial charge in [0.15, 0.2) is 0 Å². The van der Waals surface area contributed by atoms with Gasteiger partial charge >= 0.3 is 0 Å². The molecule has 1 aromatic rings. The van der Waals surface area contributed by atoms with Gasteiger partial charge in [0.05, 0.1) is 0 Å². The quantitative estimate of drug-likeness (QED) is 0.401. The van der Waals surface area contributed by atoms with Crippen LogP contribution in [0.1, 0.15) is 23.2 Å². The number of hydrogen-bond acceptors (Lipinski definition) is 5. The number of aliphatic hydroxyl groups excluding tert-OH is 1. The van der Waals surface area contributed by atoms with Gasteiger partial charge in [0.1, 0.15) is 12.4 Å². The number of nitrogens with one attached hydrogen (secondary N) is 1. The van der Waals surface area contributed by atoms with Crippen LogP contribution in [-0.2, 0) is 0 Å². The third-order valence-corrected chi connectivity index (χ3v) is 3.79. The Morgan fingerprint density at radius 2 is 2.19 bits per heavy atom. The SMILES string of the molecule is NNC(=O)c1ccc(OCCN2CCCC(CO)C2)cc1. The average molecular weight is 293 g/mol. The summed E-state index contributed by atoms with van der Waals surface area (Å²) in [5.41, 5.74) is 2.60. The summed E-state index contributed by atoms with van der Waals surface area (Å²) in [7, 11) is 0. The van der Waals surface area contributed by atoms with Crippen molar-refractivity contribution in [2.45, 2.75) is 12.8 Å². The lowest BCUT2D eigenvalue weighted by molar-refractivity contribution is 0.0953. The summed E-state index contributed by atoms with van der Waals surface area (Å²) >= 11 is 0. The topological polar surface area (TPSA) is 87.8 Å². The molecule has 0 radical (unpaired) electrons. The molecule has 1 aromatic carbocycles. The van der Waals surface area contributed by atoms with Crippen molar-refractivity contribution in [3.8, 4) is 5.75 Å². The Labute approximate surface area is 124 Å². The lowest BCUT2D eigenvalue weighted by atomic mass is 9.99. The molecule has 6 heteroatoms. The molecule has 0 saturated carbocycles. The van der Waals surface area contributed by atoms with Crippen LogP contribution in [0, 0.1) is 5.92 Å². The van der Waals surface area contributed by atoms with Crippen molar-refractivity contribution in [3.05, 3.63) is 29.8 Å². The van der Waals surface area contributed by atoms with Gasteiger partial charge in [-0.15, -0.1) is 0 Å². The second kappa shape index (κ2) is 7.97. The Morgan fingerprint density at radius 3 is 2.86 bits per heavy atom. The van der Waals surface area contributed by atoms with E-state index in [2.05, 4.69) is 10.3 Å². The van der Waals surface area contributed by atoms with E-state index in [9.17, 15) is 9.90 Å². The summed E-state index contributed by atoms with van der Waals surface area (Å²) in [4.78, 5) is 13.6. The maximum absolute atomic E-state index is 11.3. The standard InChI is InChI=1S/C15H23N3O3/c16-17-15(20)13-3-5-14(6-4-13)21-9-8-18-7-1-2-12(10-18)11-19/h3-6,12,19H,1-2,7-11,16H2,(H,17,20). The number of benzene rings is 1. The molecule has 1 amide bonds. The number of carbonyl (C=O) groups excluding carboxylic acids is 1. The predicted octanol–water partition coefficient (Wildman–Crippen LogP) is 0.373. The highest BCUT2D eigenvalue weighted by Gasteiger charge is 2.18. The first-order valence-electron chi connectivity index (χ1n) is 7.30. The molecule has 1 aliphatic rings. The predicted molar refractivity (Wildman–Crippen MR) is 79.8 cm³/mol. The fraction of sp³-hybridized carbons (Fsp3) is 0.533. The second-order valence-electron chi connectivity index (χ2n) is 5.34. The van der Waals surface area contributed by atoms with Gasteiger partial charge in [0.25, 0.3) is 5.91 Å². The van der Waals surface area contributed by atoms with Crippen LogP contribution in [0.4, 0.5) is 0 Å². The van der Waals surface area contributed by atoms with Crippen LogP contribution in [0.2, 0.25) is 0 Å². The van der Waals surface area contributed by atoms with Gasteiger partial charge in [-0.25, -0.2) is 5.84 Å². The Morgan fingerprint density at radius 1 is 1.43 bits per heavy atom. The molecule has 0 spiro atoms. The first-order valence-corrected chi connectivity index (χ1v) is 7.30. The van der Waals surface area contributed by atoms with E-state index in [0.29, 0.717) is 18.1 Å². The van der Waals surface area contributed by atoms with Crippen molar-refractivity contribution in [2.75, 3.05) is 32.8 Å². The fourth-order valence-electron chi connectivity index (χ4n) is 2.58. The minimum Gasteiger partial charge on any atom is -0.492 e. The largest absolute Gasteiger partial charge is 0.492 e. The number of hydrazine groups is 1. The first-order chi connectivity index (χ1) is 10.2. The van der Waals surface area contributed by atoms with Gasteiger partial charge in [-0.1, -0.05) is 0 Å². The number of rotatable bonds is 6. The molecular formula is C15H23N3O3. The zero-order chi connectivity index (χ0) is 15.1. The molecule has 6 nitrogen and oxygen atoms in total. The van der Waals surface area contributed by atoms with Crippen LogP contribution >= 0.6 is 0 Å². The molecule has 1 fully saturated rings. The van der Waals surface area contributed by atoms with E-state index in [0.717, 1.165) is 38.2 Å². The molecule has 0 aromatic heterocycles. The fourth-order valence-corrected chi connectivity index (χ4v) is 2.58. The van der Waals surface area contributed by atoms with Crippen molar-refractivity contribution in [1.82, 2.24) is 10.3 Å². The van der Waals surface area contributed by atoms with E-state index in [1.165, 1.54) is 0 Å². The number of likely N-dealkylation sites (tertiary alicyclic amines) is 1. The van der Waals surface area contributed by atoms with Gasteiger partial charge in [-0.2, -0.15) is 0 Å². The Kier molecular flexibility index (Phi) is 5.98. The van der Waals surface area contributed by atoms with Crippen molar-refractivity contribution in [1.29, 1.82) is 0 Å². The number of nitrogens with two attached hydrogens (primary N) is 1. The molecule has 1 aliphatic heterocycles. The maximum Gasteiger partial charge on any atom is 0.265 e. The number of amides is 1. The van der Waals surface area contributed by atoms with Gasteiger partial charge in [-0.05, 0) is 49.6 Å². The Hall–Kier alpha value is -1.63. The summed E-state index contributed by atoms with van der Waals surface area (Å²) in [5.74, 6) is 5.89. The van der Waals surface area contributed by atoms with Gasteiger partial charge in [-0.3, -0.25) is 15.1 Å². The monoisotopic (exact) mass is 293 g/mol. The average Bonchev–Trinajstić information content (AvgIpc) is 2.55. The smallest absolute Gasteiger partial charge is 0.265 e. The lowest BCUT2D eigenvalue weighted by Crippen LogP contribution is -2.39. The molecule has 1 heterocycles. The van der Waals surface area contributed by atoms with E-state index < -0.39 is 0 Å². The zero-order valence-electron chi connectivity index (χ0n) is 12.1. The molecule has 21 heavy (non-hydrogen) atoms. The molecule has 4 N–H and O–H groups in total. The maximum atomic E-state index is 11.3. The van der Waals surface area contributed by atoms with E-state index in [1.807, 2.05) is 0 Å². The van der Waals surface area contributed by atoms with Gasteiger partial charge in [0, 0.05) is 25.3 Å².